The summed E-state index contributed by atoms with van der Waals surface area (Å²) in [5, 5.41) is 0. The monoisotopic (exact) mass is 168 g/mol. The molecule has 0 spiro atoms. The molecule has 0 aliphatic heterocycles. The van der Waals surface area contributed by atoms with Gasteiger partial charge in [-0.2, -0.15) is 0 Å². The Hall–Kier alpha value is -0.520. The van der Waals surface area contributed by atoms with Crippen LogP contribution in [0.4, 0.5) is 0 Å². The maximum Gasteiger partial charge on any atom is -0.0352 e. The fourth-order valence-electron chi connectivity index (χ4n) is 0.408. The topological polar surface area (TPSA) is 0 Å². The van der Waals surface area contributed by atoms with Crippen LogP contribution < -0.4 is 0 Å². The van der Waals surface area contributed by atoms with E-state index in [-0.39, 0.29) is 0 Å². The maximum atomic E-state index is 2.16. The molecular weight excluding hydrogens is 144 g/mol. The summed E-state index contributed by atoms with van der Waals surface area (Å²) in [6.07, 6.45) is 6.66. The standard InChI is InChI=1S/2C6H12/c2*1-4-6(3)5-2/h2*4H,5H2,1-3H3/b2*6-4+. The number of allylic oxidation sites excluding steroid dienone is 4. The highest BCUT2D eigenvalue weighted by molar-refractivity contribution is 4.93. The first kappa shape index (κ1) is 14.0. The van der Waals surface area contributed by atoms with Gasteiger partial charge in [-0.25, -0.2) is 0 Å². The molecular formula is C12H24. The third-order valence-electron chi connectivity index (χ3n) is 2.10. The molecule has 0 aromatic heterocycles. The van der Waals surface area contributed by atoms with Crippen molar-refractivity contribution in [2.24, 2.45) is 0 Å². The predicted molar refractivity (Wildman–Crippen MR) is 59.4 cm³/mol. The number of hydrogen-bond acceptors (Lipinski definition) is 0. The van der Waals surface area contributed by atoms with Crippen LogP contribution in [-0.4, -0.2) is 0 Å². The Morgan fingerprint density at radius 2 is 1.08 bits per heavy atom. The molecule has 0 saturated carbocycles. The van der Waals surface area contributed by atoms with Gasteiger partial charge in [0.1, 0.15) is 0 Å². The van der Waals surface area contributed by atoms with Gasteiger partial charge in [0.25, 0.3) is 0 Å². The third kappa shape index (κ3) is 12.2. The van der Waals surface area contributed by atoms with Crippen molar-refractivity contribution in [3.63, 3.8) is 0 Å². The Labute approximate surface area is 78.4 Å². The second-order valence-corrected chi connectivity index (χ2v) is 2.98. The van der Waals surface area contributed by atoms with Crippen molar-refractivity contribution in [2.45, 2.75) is 54.4 Å². The Morgan fingerprint density at radius 1 is 0.833 bits per heavy atom. The molecule has 0 heteroatoms. The molecule has 0 atom stereocenters. The average Bonchev–Trinajstić information content (AvgIpc) is 2.16. The maximum absolute atomic E-state index is 2.16. The summed E-state index contributed by atoms with van der Waals surface area (Å²) in [5.74, 6) is 0. The van der Waals surface area contributed by atoms with Crippen LogP contribution in [0, 0.1) is 0 Å². The Kier molecular flexibility index (Phi) is 12.3. The highest BCUT2D eigenvalue weighted by atomic mass is 13.8. The molecule has 0 aromatic rings. The zero-order valence-corrected chi connectivity index (χ0v) is 9.57. The normalized spacial score (nSPS) is 12.2. The van der Waals surface area contributed by atoms with Crippen LogP contribution in [0.1, 0.15) is 54.4 Å². The molecule has 0 amide bonds. The highest BCUT2D eigenvalue weighted by Crippen LogP contribution is 1.94. The SMILES string of the molecule is C/C=C(\C)CC.C/C=C(\C)CC. The van der Waals surface area contributed by atoms with Crippen LogP contribution in [0.15, 0.2) is 23.3 Å². The van der Waals surface area contributed by atoms with Crippen LogP contribution in [-0.2, 0) is 0 Å². The molecule has 0 unspecified atom stereocenters. The van der Waals surface area contributed by atoms with Gasteiger partial charge in [-0.05, 0) is 40.5 Å². The summed E-state index contributed by atoms with van der Waals surface area (Å²) in [7, 11) is 0. The van der Waals surface area contributed by atoms with E-state index in [1.165, 1.54) is 24.0 Å². The molecule has 0 bridgehead atoms. The smallest absolute Gasteiger partial charge is 0.0352 e. The van der Waals surface area contributed by atoms with E-state index in [9.17, 15) is 0 Å². The minimum absolute atomic E-state index is 1.19. The lowest BCUT2D eigenvalue weighted by atomic mass is 10.2. The molecule has 0 fully saturated rings. The summed E-state index contributed by atoms with van der Waals surface area (Å²) < 4.78 is 0. The lowest BCUT2D eigenvalue weighted by Gasteiger charge is -1.85. The summed E-state index contributed by atoms with van der Waals surface area (Å²) in [6, 6.07) is 0. The van der Waals surface area contributed by atoms with E-state index >= 15 is 0 Å². The zero-order valence-electron chi connectivity index (χ0n) is 9.57. The van der Waals surface area contributed by atoms with E-state index in [2.05, 4.69) is 53.7 Å². The van der Waals surface area contributed by atoms with Crippen molar-refractivity contribution < 1.29 is 0 Å². The molecule has 0 radical (unpaired) electrons. The first-order chi connectivity index (χ1) is 5.62. The largest absolute Gasteiger partial charge is 0.0887 e. The van der Waals surface area contributed by atoms with Crippen LogP contribution in [0.3, 0.4) is 0 Å². The van der Waals surface area contributed by atoms with E-state index in [4.69, 9.17) is 0 Å². The van der Waals surface area contributed by atoms with Gasteiger partial charge in [-0.15, -0.1) is 0 Å². The summed E-state index contributed by atoms with van der Waals surface area (Å²) in [4.78, 5) is 0. The van der Waals surface area contributed by atoms with Gasteiger partial charge >= 0.3 is 0 Å². The second kappa shape index (κ2) is 10.5. The Balaban J connectivity index is 0. The van der Waals surface area contributed by atoms with Crippen molar-refractivity contribution in [3.05, 3.63) is 23.3 Å². The molecule has 0 saturated heterocycles. The van der Waals surface area contributed by atoms with E-state index < -0.39 is 0 Å². The van der Waals surface area contributed by atoms with Crippen LogP contribution in [0.5, 0.6) is 0 Å². The van der Waals surface area contributed by atoms with Crippen molar-refractivity contribution in [1.29, 1.82) is 0 Å². The van der Waals surface area contributed by atoms with E-state index in [1.807, 2.05) is 0 Å². The van der Waals surface area contributed by atoms with Gasteiger partial charge in [-0.1, -0.05) is 37.1 Å². The van der Waals surface area contributed by atoms with Gasteiger partial charge in [0, 0.05) is 0 Å². The van der Waals surface area contributed by atoms with Crippen molar-refractivity contribution in [1.82, 2.24) is 0 Å². The molecule has 0 aromatic carbocycles. The Bertz CT molecular complexity index is 120. The summed E-state index contributed by atoms with van der Waals surface area (Å²) in [5.41, 5.74) is 2.94. The first-order valence-electron chi connectivity index (χ1n) is 4.85. The van der Waals surface area contributed by atoms with Crippen LogP contribution in [0.25, 0.3) is 0 Å². The van der Waals surface area contributed by atoms with Crippen LogP contribution in [0.2, 0.25) is 0 Å². The molecule has 0 heterocycles. The lowest BCUT2D eigenvalue weighted by Crippen LogP contribution is -1.63. The van der Waals surface area contributed by atoms with Gasteiger partial charge in [-0.3, -0.25) is 0 Å². The summed E-state index contributed by atoms with van der Waals surface area (Å²) in [6.45, 7) is 12.7. The molecule has 0 nitrogen and oxygen atoms in total. The van der Waals surface area contributed by atoms with E-state index in [0.717, 1.165) is 0 Å². The molecule has 12 heavy (non-hydrogen) atoms. The van der Waals surface area contributed by atoms with Crippen molar-refractivity contribution in [3.8, 4) is 0 Å². The predicted octanol–water partition coefficient (Wildman–Crippen LogP) is 4.73. The first-order valence-corrected chi connectivity index (χ1v) is 4.85. The van der Waals surface area contributed by atoms with Crippen molar-refractivity contribution >= 4 is 0 Å². The summed E-state index contributed by atoms with van der Waals surface area (Å²) >= 11 is 0. The molecule has 0 rings (SSSR count). The second-order valence-electron chi connectivity index (χ2n) is 2.98. The third-order valence-corrected chi connectivity index (χ3v) is 2.10. The molecule has 0 N–H and O–H groups in total. The zero-order chi connectivity index (χ0) is 9.98. The lowest BCUT2D eigenvalue weighted by molar-refractivity contribution is 1.09. The Morgan fingerprint density at radius 3 is 1.08 bits per heavy atom. The van der Waals surface area contributed by atoms with Crippen molar-refractivity contribution in [2.75, 3.05) is 0 Å². The number of rotatable bonds is 2. The molecule has 0 aliphatic rings. The molecule has 72 valence electrons. The average molecular weight is 168 g/mol. The number of hydrogen-bond donors (Lipinski definition) is 0. The fourth-order valence-corrected chi connectivity index (χ4v) is 0.408. The van der Waals surface area contributed by atoms with Gasteiger partial charge < -0.3 is 0 Å². The van der Waals surface area contributed by atoms with Gasteiger partial charge in [0.05, 0.1) is 0 Å². The van der Waals surface area contributed by atoms with Gasteiger partial charge in [0.15, 0.2) is 0 Å². The minimum atomic E-state index is 1.19. The highest BCUT2D eigenvalue weighted by Gasteiger charge is 1.73. The van der Waals surface area contributed by atoms with E-state index in [0.29, 0.717) is 0 Å². The fraction of sp³-hybridized carbons (Fsp3) is 0.667. The van der Waals surface area contributed by atoms with Gasteiger partial charge in [0.2, 0.25) is 0 Å². The van der Waals surface area contributed by atoms with Crippen LogP contribution >= 0.6 is 0 Å². The minimum Gasteiger partial charge on any atom is -0.0887 e. The quantitative estimate of drug-likeness (QED) is 0.523. The van der Waals surface area contributed by atoms with E-state index in [1.54, 1.807) is 0 Å². The molecule has 0 aliphatic carbocycles.